The van der Waals surface area contributed by atoms with Crippen LogP contribution in [0.3, 0.4) is 0 Å². The summed E-state index contributed by atoms with van der Waals surface area (Å²) in [6, 6.07) is 19.7. The largest absolute Gasteiger partial charge is 0.323 e. The molecule has 3 aromatic carbocycles. The van der Waals surface area contributed by atoms with Crippen LogP contribution < -0.4 is 20.5 Å². The van der Waals surface area contributed by atoms with E-state index in [-0.39, 0.29) is 16.3 Å². The van der Waals surface area contributed by atoms with Gasteiger partial charge < -0.3 is 10.6 Å². The maximum atomic E-state index is 12.5. The summed E-state index contributed by atoms with van der Waals surface area (Å²) in [7, 11) is -7.62. The smallest absolute Gasteiger partial charge is 0.308 e. The van der Waals surface area contributed by atoms with E-state index in [1.54, 1.807) is 24.3 Å². The first-order valence-electron chi connectivity index (χ1n) is 8.98. The highest BCUT2D eigenvalue weighted by atomic mass is 32.2. The molecule has 0 aliphatic rings. The molecule has 2 amide bonds. The Hall–Kier alpha value is -3.25. The first-order chi connectivity index (χ1) is 14.6. The van der Waals surface area contributed by atoms with Crippen molar-refractivity contribution in [2.24, 2.45) is 5.14 Å². The Labute approximate surface area is 180 Å². The summed E-state index contributed by atoms with van der Waals surface area (Å²) < 4.78 is 49.9. The van der Waals surface area contributed by atoms with Crippen molar-refractivity contribution in [2.75, 3.05) is 10.6 Å². The zero-order valence-electron chi connectivity index (χ0n) is 16.1. The summed E-state index contributed by atoms with van der Waals surface area (Å²) in [6.07, 6.45) is 0. The quantitative estimate of drug-likeness (QED) is 0.427. The van der Waals surface area contributed by atoms with Crippen molar-refractivity contribution in [2.45, 2.75) is 16.3 Å². The van der Waals surface area contributed by atoms with Crippen molar-refractivity contribution in [1.82, 2.24) is 4.72 Å². The van der Waals surface area contributed by atoms with E-state index >= 15 is 0 Å². The standard InChI is InChI=1S/C20H20N4O5S2/c21-30(26,27)18-10-6-15(7-11-18)14-22-31(28,29)19-12-8-17(9-13-19)24-20(25)23-16-4-2-1-3-5-16/h1-13,22H,14H2,(H2,21,26,27)(H2,23,24,25). The van der Waals surface area contributed by atoms with E-state index < -0.39 is 26.1 Å². The van der Waals surface area contributed by atoms with E-state index in [1.807, 2.05) is 6.07 Å². The molecule has 3 aromatic rings. The first kappa shape index (κ1) is 22.4. The van der Waals surface area contributed by atoms with Gasteiger partial charge in [-0.2, -0.15) is 0 Å². The van der Waals surface area contributed by atoms with Crippen molar-refractivity contribution in [3.63, 3.8) is 0 Å². The first-order valence-corrected chi connectivity index (χ1v) is 12.0. The molecule has 0 unspecified atom stereocenters. The average Bonchev–Trinajstić information content (AvgIpc) is 2.73. The number of nitrogens with one attached hydrogen (secondary N) is 3. The molecule has 0 radical (unpaired) electrons. The number of sulfonamides is 2. The van der Waals surface area contributed by atoms with Gasteiger partial charge in [0.25, 0.3) is 0 Å². The third-order valence-corrected chi connectivity index (χ3v) is 6.52. The normalized spacial score (nSPS) is 11.6. The van der Waals surface area contributed by atoms with Crippen LogP contribution in [0.5, 0.6) is 0 Å². The third-order valence-electron chi connectivity index (χ3n) is 4.17. The fourth-order valence-corrected chi connectivity index (χ4v) is 4.12. The highest BCUT2D eigenvalue weighted by molar-refractivity contribution is 7.89. The molecular formula is C20H20N4O5S2. The van der Waals surface area contributed by atoms with Crippen molar-refractivity contribution in [3.8, 4) is 0 Å². The summed E-state index contributed by atoms with van der Waals surface area (Å²) in [5.74, 6) is 0. The van der Waals surface area contributed by atoms with Crippen LogP contribution >= 0.6 is 0 Å². The highest BCUT2D eigenvalue weighted by Crippen LogP contribution is 2.16. The second-order valence-electron chi connectivity index (χ2n) is 6.48. The number of para-hydroxylation sites is 1. The SMILES string of the molecule is NS(=O)(=O)c1ccc(CNS(=O)(=O)c2ccc(NC(=O)Nc3ccccc3)cc2)cc1. The lowest BCUT2D eigenvalue weighted by molar-refractivity contribution is 0.262. The number of nitrogens with two attached hydrogens (primary N) is 1. The third kappa shape index (κ3) is 6.36. The van der Waals surface area contributed by atoms with E-state index in [1.165, 1.54) is 48.5 Å². The number of carbonyl (C=O) groups excluding carboxylic acids is 1. The van der Waals surface area contributed by atoms with Crippen LogP contribution in [0.15, 0.2) is 88.7 Å². The maximum Gasteiger partial charge on any atom is 0.323 e. The Morgan fingerprint density at radius 2 is 1.23 bits per heavy atom. The van der Waals surface area contributed by atoms with Crippen LogP contribution in [0.1, 0.15) is 5.56 Å². The van der Waals surface area contributed by atoms with E-state index in [4.69, 9.17) is 5.14 Å². The fourth-order valence-electron chi connectivity index (χ4n) is 2.59. The predicted molar refractivity (Wildman–Crippen MR) is 117 cm³/mol. The van der Waals surface area contributed by atoms with Gasteiger partial charge in [0.2, 0.25) is 20.0 Å². The molecule has 0 heterocycles. The number of urea groups is 1. The van der Waals surface area contributed by atoms with Gasteiger partial charge in [-0.15, -0.1) is 0 Å². The fraction of sp³-hybridized carbons (Fsp3) is 0.0500. The van der Waals surface area contributed by atoms with Crippen LogP contribution in [0.2, 0.25) is 0 Å². The Morgan fingerprint density at radius 3 is 1.77 bits per heavy atom. The number of rotatable bonds is 7. The summed E-state index contributed by atoms with van der Waals surface area (Å²) in [6.45, 7) is -0.0350. The molecule has 0 fully saturated rings. The zero-order valence-corrected chi connectivity index (χ0v) is 17.8. The summed E-state index contributed by atoms with van der Waals surface area (Å²) in [5.41, 5.74) is 1.61. The van der Waals surface area contributed by atoms with Crippen LogP contribution in [-0.2, 0) is 26.6 Å². The number of anilines is 2. The van der Waals surface area contributed by atoms with Crippen molar-refractivity contribution in [3.05, 3.63) is 84.4 Å². The molecule has 9 nitrogen and oxygen atoms in total. The van der Waals surface area contributed by atoms with E-state index in [9.17, 15) is 21.6 Å². The molecule has 0 aromatic heterocycles. The molecule has 0 spiro atoms. The van der Waals surface area contributed by atoms with Gasteiger partial charge >= 0.3 is 6.03 Å². The van der Waals surface area contributed by atoms with E-state index in [2.05, 4.69) is 15.4 Å². The number of amides is 2. The van der Waals surface area contributed by atoms with Gasteiger partial charge in [-0.3, -0.25) is 0 Å². The van der Waals surface area contributed by atoms with Gasteiger partial charge in [-0.05, 0) is 54.1 Å². The molecule has 11 heteroatoms. The Morgan fingerprint density at radius 1 is 0.710 bits per heavy atom. The van der Waals surface area contributed by atoms with Gasteiger partial charge in [0.1, 0.15) is 0 Å². The lowest BCUT2D eigenvalue weighted by Crippen LogP contribution is -2.23. The second kappa shape index (κ2) is 9.27. The van der Waals surface area contributed by atoms with Gasteiger partial charge in [0, 0.05) is 17.9 Å². The summed E-state index contributed by atoms with van der Waals surface area (Å²) in [4.78, 5) is 12.0. The van der Waals surface area contributed by atoms with Crippen molar-refractivity contribution >= 4 is 37.5 Å². The van der Waals surface area contributed by atoms with Crippen molar-refractivity contribution in [1.29, 1.82) is 0 Å². The summed E-state index contributed by atoms with van der Waals surface area (Å²) in [5, 5.41) is 10.3. The average molecular weight is 461 g/mol. The van der Waals surface area contributed by atoms with Crippen LogP contribution in [0.25, 0.3) is 0 Å². The molecule has 0 bridgehead atoms. The molecule has 5 N–H and O–H groups in total. The number of hydrogen-bond acceptors (Lipinski definition) is 5. The molecule has 31 heavy (non-hydrogen) atoms. The molecule has 0 saturated heterocycles. The van der Waals surface area contributed by atoms with Gasteiger partial charge in [0.15, 0.2) is 0 Å². The van der Waals surface area contributed by atoms with Gasteiger partial charge in [0.05, 0.1) is 9.79 Å². The number of carbonyl (C=O) groups is 1. The van der Waals surface area contributed by atoms with Gasteiger partial charge in [-0.1, -0.05) is 30.3 Å². The Kier molecular flexibility index (Phi) is 6.71. The predicted octanol–water partition coefficient (Wildman–Crippen LogP) is 2.46. The molecular weight excluding hydrogens is 440 g/mol. The lowest BCUT2D eigenvalue weighted by atomic mass is 10.2. The second-order valence-corrected chi connectivity index (χ2v) is 9.81. The number of benzene rings is 3. The minimum absolute atomic E-state index is 0.0164. The summed E-state index contributed by atoms with van der Waals surface area (Å²) >= 11 is 0. The Balaban J connectivity index is 1.59. The lowest BCUT2D eigenvalue weighted by Gasteiger charge is -2.10. The molecule has 3 rings (SSSR count). The van der Waals surface area contributed by atoms with Crippen LogP contribution in [0, 0.1) is 0 Å². The van der Waals surface area contributed by atoms with Crippen LogP contribution in [-0.4, -0.2) is 22.9 Å². The molecule has 0 saturated carbocycles. The minimum Gasteiger partial charge on any atom is -0.308 e. The number of primary sulfonamides is 1. The maximum absolute atomic E-state index is 12.5. The highest BCUT2D eigenvalue weighted by Gasteiger charge is 2.14. The number of hydrogen-bond donors (Lipinski definition) is 4. The van der Waals surface area contributed by atoms with E-state index in [0.717, 1.165) is 0 Å². The molecule has 0 atom stereocenters. The van der Waals surface area contributed by atoms with E-state index in [0.29, 0.717) is 16.9 Å². The van der Waals surface area contributed by atoms with Crippen LogP contribution in [0.4, 0.5) is 16.2 Å². The molecule has 162 valence electrons. The molecule has 0 aliphatic carbocycles. The zero-order chi connectivity index (χ0) is 22.5. The molecule has 0 aliphatic heterocycles. The monoisotopic (exact) mass is 460 g/mol. The van der Waals surface area contributed by atoms with Crippen molar-refractivity contribution < 1.29 is 21.6 Å². The minimum atomic E-state index is -3.81. The van der Waals surface area contributed by atoms with Gasteiger partial charge in [-0.25, -0.2) is 31.5 Å². The Bertz CT molecular complexity index is 1260. The topological polar surface area (TPSA) is 147 Å².